The Balaban J connectivity index is 1.95. The van der Waals surface area contributed by atoms with E-state index in [2.05, 4.69) is 15.5 Å². The average molecular weight is 219 g/mol. The van der Waals surface area contributed by atoms with Crippen LogP contribution in [0.25, 0.3) is 11.5 Å². The number of aromatic nitrogens is 2. The fraction of sp³-hybridized carbons (Fsp3) is 0.273. The van der Waals surface area contributed by atoms with E-state index < -0.39 is 0 Å². The van der Waals surface area contributed by atoms with Crippen LogP contribution in [-0.2, 0) is 0 Å². The van der Waals surface area contributed by atoms with Crippen molar-refractivity contribution in [1.82, 2.24) is 15.5 Å². The zero-order valence-corrected chi connectivity index (χ0v) is 8.48. The van der Waals surface area contributed by atoms with Crippen LogP contribution in [0.2, 0.25) is 0 Å². The SMILES string of the molecule is Fc1ccccc1-c1nc(C2CNC2)no1. The van der Waals surface area contributed by atoms with Crippen molar-refractivity contribution in [2.24, 2.45) is 0 Å². The van der Waals surface area contributed by atoms with Crippen LogP contribution in [0.15, 0.2) is 28.8 Å². The third-order valence-corrected chi connectivity index (χ3v) is 2.69. The maximum atomic E-state index is 13.4. The summed E-state index contributed by atoms with van der Waals surface area (Å²) in [6, 6.07) is 6.38. The van der Waals surface area contributed by atoms with Gasteiger partial charge in [-0.15, -0.1) is 0 Å². The predicted octanol–water partition coefficient (Wildman–Crippen LogP) is 1.56. The Morgan fingerprint density at radius 3 is 2.81 bits per heavy atom. The van der Waals surface area contributed by atoms with Gasteiger partial charge in [0.25, 0.3) is 5.89 Å². The highest BCUT2D eigenvalue weighted by Crippen LogP contribution is 2.23. The first-order chi connectivity index (χ1) is 7.84. The maximum absolute atomic E-state index is 13.4. The van der Waals surface area contributed by atoms with Crippen LogP contribution in [0.5, 0.6) is 0 Å². The summed E-state index contributed by atoms with van der Waals surface area (Å²) in [5, 5.41) is 6.99. The molecule has 4 nitrogen and oxygen atoms in total. The van der Waals surface area contributed by atoms with E-state index in [9.17, 15) is 4.39 Å². The van der Waals surface area contributed by atoms with Gasteiger partial charge in [-0.05, 0) is 12.1 Å². The summed E-state index contributed by atoms with van der Waals surface area (Å²) in [6.45, 7) is 1.71. The van der Waals surface area contributed by atoms with Crippen molar-refractivity contribution < 1.29 is 8.91 Å². The fourth-order valence-electron chi connectivity index (χ4n) is 1.62. The zero-order chi connectivity index (χ0) is 11.0. The van der Waals surface area contributed by atoms with E-state index in [0.717, 1.165) is 13.1 Å². The van der Waals surface area contributed by atoms with Crippen molar-refractivity contribution in [2.75, 3.05) is 13.1 Å². The highest BCUT2D eigenvalue weighted by atomic mass is 19.1. The summed E-state index contributed by atoms with van der Waals surface area (Å²) in [7, 11) is 0. The van der Waals surface area contributed by atoms with Gasteiger partial charge in [0.15, 0.2) is 5.82 Å². The largest absolute Gasteiger partial charge is 0.334 e. The molecule has 0 bridgehead atoms. The molecular formula is C11H10FN3O. The van der Waals surface area contributed by atoms with E-state index in [1.54, 1.807) is 18.2 Å². The third kappa shape index (κ3) is 1.49. The van der Waals surface area contributed by atoms with Gasteiger partial charge in [-0.25, -0.2) is 4.39 Å². The fourth-order valence-corrected chi connectivity index (χ4v) is 1.62. The normalized spacial score (nSPS) is 16.1. The van der Waals surface area contributed by atoms with Crippen molar-refractivity contribution in [3.63, 3.8) is 0 Å². The Hall–Kier alpha value is -1.75. The van der Waals surface area contributed by atoms with Gasteiger partial charge in [0, 0.05) is 19.0 Å². The summed E-state index contributed by atoms with van der Waals surface area (Å²) < 4.78 is 18.5. The zero-order valence-electron chi connectivity index (χ0n) is 8.48. The quantitative estimate of drug-likeness (QED) is 0.832. The average Bonchev–Trinajstić information content (AvgIpc) is 2.65. The number of benzene rings is 1. The van der Waals surface area contributed by atoms with Gasteiger partial charge in [-0.1, -0.05) is 17.3 Å². The van der Waals surface area contributed by atoms with Crippen LogP contribution >= 0.6 is 0 Å². The van der Waals surface area contributed by atoms with E-state index in [0.29, 0.717) is 17.3 Å². The molecule has 2 heterocycles. The molecule has 0 amide bonds. The lowest BCUT2D eigenvalue weighted by Gasteiger charge is -2.23. The Morgan fingerprint density at radius 1 is 1.31 bits per heavy atom. The van der Waals surface area contributed by atoms with Gasteiger partial charge in [-0.3, -0.25) is 0 Å². The molecule has 1 aliphatic heterocycles. The second-order valence-corrected chi connectivity index (χ2v) is 3.79. The molecule has 1 saturated heterocycles. The van der Waals surface area contributed by atoms with Gasteiger partial charge in [-0.2, -0.15) is 4.98 Å². The van der Waals surface area contributed by atoms with E-state index in [-0.39, 0.29) is 11.7 Å². The topological polar surface area (TPSA) is 51.0 Å². The first-order valence-electron chi connectivity index (χ1n) is 5.14. The summed E-state index contributed by atoms with van der Waals surface area (Å²) in [5.41, 5.74) is 0.355. The molecule has 82 valence electrons. The van der Waals surface area contributed by atoms with Crippen LogP contribution in [0.1, 0.15) is 11.7 Å². The Bertz CT molecular complexity index is 507. The van der Waals surface area contributed by atoms with Crippen molar-refractivity contribution in [1.29, 1.82) is 0 Å². The molecule has 0 atom stereocenters. The standard InChI is InChI=1S/C11H10FN3O/c12-9-4-2-1-3-8(9)11-14-10(15-16-11)7-5-13-6-7/h1-4,7,13H,5-6H2. The minimum Gasteiger partial charge on any atom is -0.334 e. The van der Waals surface area contributed by atoms with Gasteiger partial charge in [0.2, 0.25) is 0 Å². The molecular weight excluding hydrogens is 209 g/mol. The molecule has 2 aromatic rings. The summed E-state index contributed by atoms with van der Waals surface area (Å²) in [4.78, 5) is 4.21. The van der Waals surface area contributed by atoms with E-state index in [1.807, 2.05) is 0 Å². The maximum Gasteiger partial charge on any atom is 0.260 e. The molecule has 0 unspecified atom stereocenters. The molecule has 16 heavy (non-hydrogen) atoms. The van der Waals surface area contributed by atoms with Crippen LogP contribution < -0.4 is 5.32 Å². The second kappa shape index (κ2) is 3.68. The molecule has 1 fully saturated rings. The van der Waals surface area contributed by atoms with Crippen LogP contribution in [0.3, 0.4) is 0 Å². The van der Waals surface area contributed by atoms with Crippen LogP contribution in [0, 0.1) is 5.82 Å². The molecule has 3 rings (SSSR count). The van der Waals surface area contributed by atoms with Gasteiger partial charge < -0.3 is 9.84 Å². The monoisotopic (exact) mass is 219 g/mol. The highest BCUT2D eigenvalue weighted by molar-refractivity contribution is 5.53. The summed E-state index contributed by atoms with van der Waals surface area (Å²) in [6.07, 6.45) is 0. The Labute approximate surface area is 91.5 Å². The molecule has 1 N–H and O–H groups in total. The lowest BCUT2D eigenvalue weighted by Crippen LogP contribution is -2.40. The van der Waals surface area contributed by atoms with Crippen molar-refractivity contribution in [3.8, 4) is 11.5 Å². The van der Waals surface area contributed by atoms with Crippen molar-refractivity contribution in [2.45, 2.75) is 5.92 Å². The molecule has 0 spiro atoms. The number of hydrogen-bond donors (Lipinski definition) is 1. The molecule has 0 radical (unpaired) electrons. The minimum absolute atomic E-state index is 0.250. The molecule has 0 aliphatic carbocycles. The highest BCUT2D eigenvalue weighted by Gasteiger charge is 2.25. The number of rotatable bonds is 2. The van der Waals surface area contributed by atoms with Crippen LogP contribution in [0.4, 0.5) is 4.39 Å². The van der Waals surface area contributed by atoms with E-state index >= 15 is 0 Å². The molecule has 1 aromatic carbocycles. The number of nitrogens with one attached hydrogen (secondary N) is 1. The van der Waals surface area contributed by atoms with Gasteiger partial charge in [0.05, 0.1) is 5.56 Å². The number of halogens is 1. The van der Waals surface area contributed by atoms with Crippen LogP contribution in [-0.4, -0.2) is 23.2 Å². The number of hydrogen-bond acceptors (Lipinski definition) is 4. The summed E-state index contributed by atoms with van der Waals surface area (Å²) in [5.74, 6) is 0.853. The number of nitrogens with zero attached hydrogens (tertiary/aromatic N) is 2. The molecule has 5 heteroatoms. The first-order valence-corrected chi connectivity index (χ1v) is 5.14. The molecule has 1 aromatic heterocycles. The third-order valence-electron chi connectivity index (χ3n) is 2.69. The summed E-state index contributed by atoms with van der Waals surface area (Å²) >= 11 is 0. The van der Waals surface area contributed by atoms with Gasteiger partial charge >= 0.3 is 0 Å². The smallest absolute Gasteiger partial charge is 0.260 e. The lowest BCUT2D eigenvalue weighted by molar-refractivity contribution is 0.381. The van der Waals surface area contributed by atoms with Crippen molar-refractivity contribution in [3.05, 3.63) is 35.9 Å². The Morgan fingerprint density at radius 2 is 2.12 bits per heavy atom. The molecule has 1 aliphatic rings. The predicted molar refractivity (Wildman–Crippen MR) is 55.3 cm³/mol. The Kier molecular flexibility index (Phi) is 2.18. The lowest BCUT2D eigenvalue weighted by atomic mass is 10.0. The second-order valence-electron chi connectivity index (χ2n) is 3.79. The minimum atomic E-state index is -0.343. The first kappa shape index (κ1) is 9.47. The van der Waals surface area contributed by atoms with Gasteiger partial charge in [0.1, 0.15) is 5.82 Å². The molecule has 0 saturated carbocycles. The van der Waals surface area contributed by atoms with Crippen molar-refractivity contribution >= 4 is 0 Å². The van der Waals surface area contributed by atoms with E-state index in [1.165, 1.54) is 6.07 Å². The van der Waals surface area contributed by atoms with E-state index in [4.69, 9.17) is 4.52 Å².